The second-order valence-electron chi connectivity index (χ2n) is 13.7. The topological polar surface area (TPSA) is 119 Å². The minimum absolute atomic E-state index is 0.00704. The van der Waals surface area contributed by atoms with Crippen molar-refractivity contribution in [3.8, 4) is 0 Å². The van der Waals surface area contributed by atoms with Crippen LogP contribution in [0.2, 0.25) is 10.0 Å². The highest BCUT2D eigenvalue weighted by Crippen LogP contribution is 2.49. The van der Waals surface area contributed by atoms with Gasteiger partial charge in [-0.05, 0) is 98.6 Å². The van der Waals surface area contributed by atoms with E-state index >= 15 is 0 Å². The number of rotatable bonds is 7. The molecular formula is C42H31Cl2F4N9O3S2. The molecule has 2 saturated carbocycles. The van der Waals surface area contributed by atoms with Gasteiger partial charge in [-0.15, -0.1) is 0 Å². The fourth-order valence-corrected chi connectivity index (χ4v) is 7.61. The molecule has 3 fully saturated rings. The Kier molecular flexibility index (Phi) is 14.7. The van der Waals surface area contributed by atoms with Crippen LogP contribution < -0.4 is 25.8 Å². The van der Waals surface area contributed by atoms with Crippen LogP contribution in [0.1, 0.15) is 59.2 Å². The highest BCUT2D eigenvalue weighted by molar-refractivity contribution is 7.81. The number of hydrogen-bond acceptors (Lipinski definition) is 7. The number of benzene rings is 4. The summed E-state index contributed by atoms with van der Waals surface area (Å²) in [6, 6.07) is 13.6. The van der Waals surface area contributed by atoms with Crippen molar-refractivity contribution in [3.63, 3.8) is 0 Å². The fourth-order valence-electron chi connectivity index (χ4n) is 6.65. The molecule has 0 bridgehead atoms. The Hall–Kier alpha value is -6.45. The number of aliphatic imine (C=N–C) groups is 1. The summed E-state index contributed by atoms with van der Waals surface area (Å²) in [7, 11) is 2.85. The predicted molar refractivity (Wildman–Crippen MR) is 236 cm³/mol. The van der Waals surface area contributed by atoms with Crippen LogP contribution in [0.25, 0.3) is 14.5 Å². The van der Waals surface area contributed by atoms with Crippen molar-refractivity contribution in [2.75, 3.05) is 29.2 Å². The number of anilines is 3. The molecule has 1 saturated heterocycles. The SMILES string of the molecule is [C-]#[N+]C1(Nc2ccc(C(=O)NC)c(F)c2)CCC1.[C-]#[N+]c1ccc(N2C(=O)C3(CCC3)N(c3ccc(C(=O)NC)c(F)c3)C2=S)c(F)c1Cl.[C-]#[N+]c1ccc(N=C=S)c(F)c1Cl. The van der Waals surface area contributed by atoms with Crippen LogP contribution in [-0.2, 0) is 4.79 Å². The fraction of sp³-hybridized carbons (Fsp3) is 0.238. The van der Waals surface area contributed by atoms with Gasteiger partial charge in [0.15, 0.2) is 16.7 Å². The molecule has 4 aromatic rings. The molecule has 0 aromatic heterocycles. The normalized spacial score (nSPS) is 15.0. The number of nitrogens with zero attached hydrogens (tertiary/aromatic N) is 6. The molecule has 1 aliphatic heterocycles. The molecule has 20 heteroatoms. The molecule has 3 N–H and O–H groups in total. The van der Waals surface area contributed by atoms with E-state index in [2.05, 4.69) is 47.7 Å². The molecule has 0 atom stereocenters. The minimum Gasteiger partial charge on any atom is -0.355 e. The molecule has 1 spiro atoms. The van der Waals surface area contributed by atoms with E-state index in [1.807, 2.05) is 5.16 Å². The van der Waals surface area contributed by atoms with Crippen LogP contribution in [0.3, 0.4) is 0 Å². The predicted octanol–water partition coefficient (Wildman–Crippen LogP) is 10.8. The molecule has 2 aliphatic carbocycles. The summed E-state index contributed by atoms with van der Waals surface area (Å²) in [5.74, 6) is -4.50. The quantitative estimate of drug-likeness (QED) is 0.0731. The second-order valence-corrected chi connectivity index (χ2v) is 15.0. The molecule has 316 valence electrons. The van der Waals surface area contributed by atoms with Crippen LogP contribution in [-0.4, -0.2) is 53.3 Å². The standard InChI is InChI=1S/C21H15ClF2N4O2S.C13H14FN3O.C8H2ClFN2S/c1-25-14-6-7-15(17(24)16(14)22)27-19(30)21(8-3-9-21)28(20(27)31)11-4-5-12(13(23)10-11)18(29)26-2;1-15-12(18)10-5-4-9(8-11(10)14)17-13(16-2)6-3-7-13;1-11-5-2-3-6(12-4-13)8(10)7(5)9/h4-7,10H,3,8-9H2,2H3,(H,26,29);4-5,8,17H,3,6-7H2,1H3,(H,15,18);2-3H. The molecule has 3 amide bonds. The van der Waals surface area contributed by atoms with E-state index in [1.165, 1.54) is 67.5 Å². The summed E-state index contributed by atoms with van der Waals surface area (Å²) in [5, 5.41) is 9.14. The van der Waals surface area contributed by atoms with Gasteiger partial charge in [-0.3, -0.25) is 24.1 Å². The first-order valence-electron chi connectivity index (χ1n) is 18.2. The smallest absolute Gasteiger partial charge is 0.305 e. The lowest BCUT2D eigenvalue weighted by atomic mass is 9.75. The lowest BCUT2D eigenvalue weighted by Gasteiger charge is -2.43. The summed E-state index contributed by atoms with van der Waals surface area (Å²) < 4.78 is 56.5. The molecule has 0 unspecified atom stereocenters. The molecule has 7 rings (SSSR count). The maximum absolute atomic E-state index is 14.9. The van der Waals surface area contributed by atoms with Crippen molar-refractivity contribution in [2.24, 2.45) is 4.99 Å². The zero-order valence-electron chi connectivity index (χ0n) is 32.5. The van der Waals surface area contributed by atoms with Crippen LogP contribution in [0, 0.1) is 43.0 Å². The zero-order valence-corrected chi connectivity index (χ0v) is 35.7. The Morgan fingerprint density at radius 2 is 1.35 bits per heavy atom. The van der Waals surface area contributed by atoms with Crippen molar-refractivity contribution >= 4 is 110 Å². The average molecular weight is 921 g/mol. The van der Waals surface area contributed by atoms with E-state index in [9.17, 15) is 31.9 Å². The van der Waals surface area contributed by atoms with E-state index in [1.54, 1.807) is 6.07 Å². The number of carbonyl (C=O) groups is 3. The van der Waals surface area contributed by atoms with Crippen molar-refractivity contribution < 1.29 is 31.9 Å². The van der Waals surface area contributed by atoms with Gasteiger partial charge in [0, 0.05) is 38.3 Å². The summed E-state index contributed by atoms with van der Waals surface area (Å²) in [4.78, 5) is 52.3. The molecule has 62 heavy (non-hydrogen) atoms. The van der Waals surface area contributed by atoms with Gasteiger partial charge in [0.05, 0.1) is 45.2 Å². The summed E-state index contributed by atoms with van der Waals surface area (Å²) in [5.41, 5.74) is -1.15. The van der Waals surface area contributed by atoms with Crippen LogP contribution >= 0.6 is 47.6 Å². The number of nitrogens with one attached hydrogen (secondary N) is 3. The minimum atomic E-state index is -1.06. The number of thiocarbonyl (C=S) groups is 2. The number of amides is 3. The second kappa shape index (κ2) is 19.5. The Balaban J connectivity index is 0.000000197. The van der Waals surface area contributed by atoms with Gasteiger partial charge < -0.3 is 20.9 Å². The summed E-state index contributed by atoms with van der Waals surface area (Å²) >= 11 is 21.3. The van der Waals surface area contributed by atoms with E-state index in [0.717, 1.165) is 36.6 Å². The summed E-state index contributed by atoms with van der Waals surface area (Å²) in [6.07, 6.45) is 4.21. The van der Waals surface area contributed by atoms with Gasteiger partial charge in [0.1, 0.15) is 22.9 Å². The highest BCUT2D eigenvalue weighted by atomic mass is 35.5. The third-order valence-electron chi connectivity index (χ3n) is 10.2. The largest absolute Gasteiger partial charge is 0.355 e. The number of hydrogen-bond donors (Lipinski definition) is 3. The molecule has 4 aromatic carbocycles. The molecule has 3 aliphatic rings. The van der Waals surface area contributed by atoms with Crippen molar-refractivity contribution in [1.29, 1.82) is 0 Å². The first-order valence-corrected chi connectivity index (χ1v) is 19.8. The average Bonchev–Trinajstić information content (AvgIpc) is 3.48. The van der Waals surface area contributed by atoms with E-state index in [4.69, 9.17) is 55.1 Å². The Morgan fingerprint density at radius 1 is 0.806 bits per heavy atom. The third kappa shape index (κ3) is 8.95. The zero-order chi connectivity index (χ0) is 45.5. The monoisotopic (exact) mass is 919 g/mol. The maximum Gasteiger partial charge on any atom is 0.305 e. The molecule has 0 radical (unpaired) electrons. The number of halogens is 6. The molecule has 12 nitrogen and oxygen atoms in total. The van der Waals surface area contributed by atoms with Crippen LogP contribution in [0.5, 0.6) is 0 Å². The Labute approximate surface area is 374 Å². The maximum atomic E-state index is 14.9. The lowest BCUT2D eigenvalue weighted by molar-refractivity contribution is -0.123. The van der Waals surface area contributed by atoms with Gasteiger partial charge in [0.2, 0.25) is 11.4 Å². The lowest BCUT2D eigenvalue weighted by Crippen LogP contribution is -2.55. The van der Waals surface area contributed by atoms with Gasteiger partial charge in [0.25, 0.3) is 17.7 Å². The number of isothiocyanates is 1. The molecule has 1 heterocycles. The van der Waals surface area contributed by atoms with Crippen molar-refractivity contribution in [2.45, 2.75) is 49.7 Å². The van der Waals surface area contributed by atoms with E-state index < -0.39 is 57.2 Å². The van der Waals surface area contributed by atoms with Gasteiger partial charge >= 0.3 is 5.66 Å². The summed E-state index contributed by atoms with van der Waals surface area (Å²) in [6.45, 7) is 20.9. The first-order chi connectivity index (χ1) is 29.6. The molecular weight excluding hydrogens is 890 g/mol. The van der Waals surface area contributed by atoms with Gasteiger partial charge in [-0.1, -0.05) is 35.3 Å². The Morgan fingerprint density at radius 3 is 1.82 bits per heavy atom. The van der Waals surface area contributed by atoms with Crippen LogP contribution in [0.15, 0.2) is 65.7 Å². The first kappa shape index (κ1) is 46.6. The Bertz CT molecular complexity index is 2690. The van der Waals surface area contributed by atoms with Crippen LogP contribution in [0.4, 0.5) is 51.7 Å². The van der Waals surface area contributed by atoms with Gasteiger partial charge in [-0.25, -0.2) is 33.8 Å². The third-order valence-corrected chi connectivity index (χ3v) is 11.4. The van der Waals surface area contributed by atoms with E-state index in [0.29, 0.717) is 18.5 Å². The number of carbonyl (C=O) groups excluding carboxylic acids is 3. The van der Waals surface area contributed by atoms with Crippen molar-refractivity contribution in [1.82, 2.24) is 10.6 Å². The highest BCUT2D eigenvalue weighted by Gasteiger charge is 2.60. The van der Waals surface area contributed by atoms with Gasteiger partial charge in [-0.2, -0.15) is 4.99 Å². The van der Waals surface area contributed by atoms with Crippen molar-refractivity contribution in [3.05, 3.63) is 139 Å². The van der Waals surface area contributed by atoms with E-state index in [-0.39, 0.29) is 49.7 Å².